The van der Waals surface area contributed by atoms with Gasteiger partial charge in [0, 0.05) is 31.6 Å². The number of nitriles is 1. The Morgan fingerprint density at radius 2 is 2.12 bits per heavy atom. The van der Waals surface area contributed by atoms with E-state index in [1.54, 1.807) is 11.0 Å². The zero-order chi connectivity index (χ0) is 29.4. The third-order valence-corrected chi connectivity index (χ3v) is 10.1. The average Bonchev–Trinajstić information content (AvgIpc) is 3.42. The maximum atomic E-state index is 14.8. The fraction of sp³-hybridized carbons (Fsp3) is 0.645. The van der Waals surface area contributed by atoms with Crippen molar-refractivity contribution in [1.29, 1.82) is 5.26 Å². The topological polar surface area (TPSA) is 110 Å². The normalized spacial score (nSPS) is 35.3. The van der Waals surface area contributed by atoms with E-state index in [2.05, 4.69) is 40.1 Å². The Morgan fingerprint density at radius 1 is 1.26 bits per heavy atom. The van der Waals surface area contributed by atoms with Crippen LogP contribution in [0.25, 0.3) is 0 Å². The number of Topliss-reactive ketones (excluding diaryl/α,β-unsaturated/α-hetero) is 1. The highest BCUT2D eigenvalue weighted by Gasteiger charge is 2.57. The van der Waals surface area contributed by atoms with Gasteiger partial charge in [-0.15, -0.1) is 0 Å². The van der Waals surface area contributed by atoms with E-state index in [0.29, 0.717) is 58.0 Å². The number of rotatable bonds is 6. The SMILES string of the molecule is C=CC(=O)N1CCN(C2NC(OCC3CCCN3C)NC3C(=O)[C@]4(CCc5cccc(F)c5O4)CCC32)CC1CC#N. The third kappa shape index (κ3) is 5.35. The summed E-state index contributed by atoms with van der Waals surface area (Å²) in [5, 5.41) is 16.6. The molecule has 226 valence electrons. The van der Waals surface area contributed by atoms with Crippen molar-refractivity contribution in [3.05, 3.63) is 42.2 Å². The third-order valence-electron chi connectivity index (χ3n) is 10.1. The van der Waals surface area contributed by atoms with E-state index in [4.69, 9.17) is 9.47 Å². The molecule has 6 unspecified atom stereocenters. The van der Waals surface area contributed by atoms with Crippen molar-refractivity contribution in [2.45, 2.75) is 81.2 Å². The molecule has 1 aromatic rings. The van der Waals surface area contributed by atoms with Crippen molar-refractivity contribution < 1.29 is 23.5 Å². The molecule has 1 amide bonds. The highest BCUT2D eigenvalue weighted by molar-refractivity contribution is 5.94. The predicted octanol–water partition coefficient (Wildman–Crippen LogP) is 1.76. The van der Waals surface area contributed by atoms with Gasteiger partial charge < -0.3 is 19.3 Å². The van der Waals surface area contributed by atoms with Crippen LogP contribution in [0.2, 0.25) is 0 Å². The average molecular weight is 581 g/mol. The molecule has 2 N–H and O–H groups in total. The number of aryl methyl sites for hydroxylation is 1. The van der Waals surface area contributed by atoms with Gasteiger partial charge in [0.15, 0.2) is 29.3 Å². The number of benzene rings is 1. The summed E-state index contributed by atoms with van der Waals surface area (Å²) in [4.78, 5) is 33.2. The minimum atomic E-state index is -1.08. The molecular formula is C31H41FN6O4. The van der Waals surface area contributed by atoms with Crippen molar-refractivity contribution in [3.8, 4) is 11.8 Å². The van der Waals surface area contributed by atoms with Gasteiger partial charge in [-0.2, -0.15) is 5.26 Å². The second kappa shape index (κ2) is 12.0. The summed E-state index contributed by atoms with van der Waals surface area (Å²) in [6.45, 7) is 6.76. The molecule has 4 heterocycles. The van der Waals surface area contributed by atoms with Gasteiger partial charge in [0.25, 0.3) is 0 Å². The van der Waals surface area contributed by atoms with Crippen molar-refractivity contribution in [1.82, 2.24) is 25.3 Å². The molecule has 4 aliphatic heterocycles. The molecule has 1 spiro atoms. The Kier molecular flexibility index (Phi) is 8.35. The van der Waals surface area contributed by atoms with Crippen LogP contribution in [0.3, 0.4) is 0 Å². The number of piperazine rings is 1. The molecule has 0 bridgehead atoms. The molecule has 7 atom stereocenters. The molecule has 10 nitrogen and oxygen atoms in total. The van der Waals surface area contributed by atoms with E-state index in [1.165, 1.54) is 12.1 Å². The first-order valence-electron chi connectivity index (χ1n) is 15.2. The number of fused-ring (bicyclic) bond motifs is 2. The first kappa shape index (κ1) is 29.2. The van der Waals surface area contributed by atoms with E-state index < -0.39 is 23.8 Å². The van der Waals surface area contributed by atoms with Crippen molar-refractivity contribution in [2.75, 3.05) is 39.8 Å². The van der Waals surface area contributed by atoms with E-state index >= 15 is 0 Å². The van der Waals surface area contributed by atoms with E-state index in [0.717, 1.165) is 24.9 Å². The number of hydrogen-bond donors (Lipinski definition) is 2. The van der Waals surface area contributed by atoms with Crippen LogP contribution in [-0.2, 0) is 20.7 Å². The molecule has 1 aromatic carbocycles. The van der Waals surface area contributed by atoms with Gasteiger partial charge in [-0.3, -0.25) is 25.1 Å². The molecular weight excluding hydrogens is 539 g/mol. The number of halogens is 1. The maximum Gasteiger partial charge on any atom is 0.246 e. The molecule has 1 aliphatic carbocycles. The number of amides is 1. The molecule has 11 heteroatoms. The summed E-state index contributed by atoms with van der Waals surface area (Å²) < 4.78 is 27.5. The number of nitrogens with one attached hydrogen (secondary N) is 2. The number of ketones is 1. The second-order valence-electron chi connectivity index (χ2n) is 12.4. The number of hydrogen-bond acceptors (Lipinski definition) is 9. The number of ether oxygens (including phenoxy) is 2. The Bertz CT molecular complexity index is 1260. The number of para-hydroxylation sites is 1. The summed E-state index contributed by atoms with van der Waals surface area (Å²) in [5.74, 6) is -0.563. The Hall–Kier alpha value is -2.88. The molecule has 0 radical (unpaired) electrons. The Morgan fingerprint density at radius 3 is 2.88 bits per heavy atom. The monoisotopic (exact) mass is 580 g/mol. The number of carbonyl (C=O) groups excluding carboxylic acids is 2. The molecule has 42 heavy (non-hydrogen) atoms. The lowest BCUT2D eigenvalue weighted by Gasteiger charge is -2.54. The summed E-state index contributed by atoms with van der Waals surface area (Å²) in [6.07, 6.45) is 5.21. The van der Waals surface area contributed by atoms with E-state index in [-0.39, 0.29) is 42.0 Å². The fourth-order valence-corrected chi connectivity index (χ4v) is 7.68. The minimum Gasteiger partial charge on any atom is -0.476 e. The zero-order valence-corrected chi connectivity index (χ0v) is 24.3. The van der Waals surface area contributed by atoms with Crippen LogP contribution >= 0.6 is 0 Å². The van der Waals surface area contributed by atoms with Crippen molar-refractivity contribution in [3.63, 3.8) is 0 Å². The summed E-state index contributed by atoms with van der Waals surface area (Å²) in [6, 6.07) is 6.64. The van der Waals surface area contributed by atoms with E-state index in [1.807, 2.05) is 6.07 Å². The number of nitrogens with zero attached hydrogens (tertiary/aromatic N) is 4. The van der Waals surface area contributed by atoms with Crippen LogP contribution in [0.5, 0.6) is 5.75 Å². The van der Waals surface area contributed by atoms with Gasteiger partial charge in [-0.05, 0) is 69.8 Å². The molecule has 1 saturated carbocycles. The Balaban J connectivity index is 1.25. The van der Waals surface area contributed by atoms with Crippen LogP contribution in [0.4, 0.5) is 4.39 Å². The lowest BCUT2D eigenvalue weighted by Crippen LogP contribution is -2.76. The van der Waals surface area contributed by atoms with Gasteiger partial charge in [0.05, 0.1) is 37.3 Å². The number of likely N-dealkylation sites (tertiary alicyclic amines) is 1. The maximum absolute atomic E-state index is 14.8. The van der Waals surface area contributed by atoms with Gasteiger partial charge >= 0.3 is 0 Å². The Labute approximate surface area is 246 Å². The van der Waals surface area contributed by atoms with Crippen LogP contribution in [0, 0.1) is 23.1 Å². The fourth-order valence-electron chi connectivity index (χ4n) is 7.68. The lowest BCUT2D eigenvalue weighted by molar-refractivity contribution is -0.161. The number of carbonyl (C=O) groups is 2. The molecule has 0 aromatic heterocycles. The molecule has 4 fully saturated rings. The lowest BCUT2D eigenvalue weighted by atomic mass is 9.69. The van der Waals surface area contributed by atoms with Crippen LogP contribution in [0.1, 0.15) is 44.1 Å². The van der Waals surface area contributed by atoms with Crippen LogP contribution < -0.4 is 15.4 Å². The molecule has 6 rings (SSSR count). The van der Waals surface area contributed by atoms with Crippen molar-refractivity contribution >= 4 is 11.7 Å². The van der Waals surface area contributed by atoms with Gasteiger partial charge in [0.2, 0.25) is 5.91 Å². The van der Waals surface area contributed by atoms with Crippen LogP contribution in [-0.4, -0.2) is 102 Å². The smallest absolute Gasteiger partial charge is 0.246 e. The van der Waals surface area contributed by atoms with Crippen LogP contribution in [0.15, 0.2) is 30.9 Å². The minimum absolute atomic E-state index is 0.0558. The quantitative estimate of drug-likeness (QED) is 0.487. The van der Waals surface area contributed by atoms with Crippen molar-refractivity contribution in [2.24, 2.45) is 5.92 Å². The largest absolute Gasteiger partial charge is 0.476 e. The highest BCUT2D eigenvalue weighted by atomic mass is 19.1. The summed E-state index contributed by atoms with van der Waals surface area (Å²) in [7, 11) is 2.10. The van der Waals surface area contributed by atoms with Gasteiger partial charge in [0.1, 0.15) is 0 Å². The first-order chi connectivity index (χ1) is 20.3. The molecule has 3 saturated heterocycles. The predicted molar refractivity (Wildman–Crippen MR) is 153 cm³/mol. The number of likely N-dealkylation sites (N-methyl/N-ethyl adjacent to an activating group) is 1. The molecule has 5 aliphatic rings. The first-order valence-corrected chi connectivity index (χ1v) is 15.2. The zero-order valence-electron chi connectivity index (χ0n) is 24.3. The van der Waals surface area contributed by atoms with Gasteiger partial charge in [-0.1, -0.05) is 18.7 Å². The second-order valence-corrected chi connectivity index (χ2v) is 12.4. The summed E-state index contributed by atoms with van der Waals surface area (Å²) >= 11 is 0. The van der Waals surface area contributed by atoms with E-state index in [9.17, 15) is 19.2 Å². The summed E-state index contributed by atoms with van der Waals surface area (Å²) in [5.41, 5.74) is -0.288. The standard InChI is InChI=1S/C31H41FN6O4/c1-3-25(39)38-17-16-37(18-21(38)11-14-33)29-23-10-13-31(12-9-20-6-4-8-24(32)27(20)42-31)28(40)26(23)34-30(35-29)41-19-22-7-5-15-36(22)2/h3-4,6,8,21-23,26,29-30,34-35H,1,5,7,9-13,15-19H2,2H3/t21?,22?,23?,26?,29?,30?,31-/m0/s1. The van der Waals surface area contributed by atoms with Gasteiger partial charge in [-0.25, -0.2) is 4.39 Å². The highest BCUT2D eigenvalue weighted by Crippen LogP contribution is 2.44.